The van der Waals surface area contributed by atoms with Gasteiger partial charge in [0.2, 0.25) is 5.95 Å². The molecule has 37 heavy (non-hydrogen) atoms. The first-order valence-electron chi connectivity index (χ1n) is 13.0. The summed E-state index contributed by atoms with van der Waals surface area (Å²) >= 11 is 0. The zero-order chi connectivity index (χ0) is 25.5. The molecule has 0 spiro atoms. The minimum absolute atomic E-state index is 0.184. The van der Waals surface area contributed by atoms with Gasteiger partial charge in [-0.15, -0.1) is 0 Å². The summed E-state index contributed by atoms with van der Waals surface area (Å²) in [7, 11) is 0. The molecule has 0 radical (unpaired) electrons. The zero-order valence-electron chi connectivity index (χ0n) is 21.5. The summed E-state index contributed by atoms with van der Waals surface area (Å²) in [5.41, 5.74) is 3.42. The van der Waals surface area contributed by atoms with Crippen LogP contribution in [0.3, 0.4) is 0 Å². The number of rotatable bonds is 6. The van der Waals surface area contributed by atoms with Crippen LogP contribution in [0.2, 0.25) is 0 Å². The smallest absolute Gasteiger partial charge is 0.229 e. The Kier molecular flexibility index (Phi) is 6.29. The van der Waals surface area contributed by atoms with E-state index in [1.807, 2.05) is 25.3 Å². The minimum Gasteiger partial charge on any atom is -0.324 e. The fraction of sp³-hybridized carbons (Fsp3) is 0.444. The van der Waals surface area contributed by atoms with Crippen molar-refractivity contribution in [1.82, 2.24) is 39.3 Å². The van der Waals surface area contributed by atoms with E-state index >= 15 is 0 Å². The Balaban J connectivity index is 1.18. The van der Waals surface area contributed by atoms with Crippen LogP contribution in [-0.2, 0) is 6.54 Å². The Hall–Kier alpha value is -3.50. The van der Waals surface area contributed by atoms with Crippen molar-refractivity contribution in [3.63, 3.8) is 0 Å². The van der Waals surface area contributed by atoms with Gasteiger partial charge >= 0.3 is 0 Å². The van der Waals surface area contributed by atoms with E-state index in [4.69, 9.17) is 0 Å². The number of piperazine rings is 1. The molecule has 4 aromatic heterocycles. The number of aryl methyl sites for hydroxylation is 1. The lowest BCUT2D eigenvalue weighted by Gasteiger charge is -2.37. The molecule has 192 valence electrons. The van der Waals surface area contributed by atoms with Gasteiger partial charge in [-0.2, -0.15) is 0 Å². The van der Waals surface area contributed by atoms with Gasteiger partial charge in [-0.25, -0.2) is 29.3 Å². The highest BCUT2D eigenvalue weighted by Gasteiger charge is 2.30. The summed E-state index contributed by atoms with van der Waals surface area (Å²) in [6.07, 6.45) is 7.30. The van der Waals surface area contributed by atoms with Crippen molar-refractivity contribution >= 4 is 22.9 Å². The van der Waals surface area contributed by atoms with E-state index in [-0.39, 0.29) is 17.7 Å². The number of imidazole rings is 1. The van der Waals surface area contributed by atoms with Crippen molar-refractivity contribution < 1.29 is 4.39 Å². The van der Waals surface area contributed by atoms with E-state index in [0.29, 0.717) is 23.1 Å². The fourth-order valence-corrected chi connectivity index (χ4v) is 5.67. The SMILES string of the molecule is Cc1nc2ncc(-c3nc(Nc4ccc(CN5CCN6CCCC6C5)cn4)ncc3F)cc2n1C(C)C. The van der Waals surface area contributed by atoms with E-state index in [0.717, 1.165) is 37.5 Å². The van der Waals surface area contributed by atoms with Crippen LogP contribution >= 0.6 is 0 Å². The highest BCUT2D eigenvalue weighted by molar-refractivity contribution is 5.78. The summed E-state index contributed by atoms with van der Waals surface area (Å²) in [4.78, 5) is 27.3. The first kappa shape index (κ1) is 23.9. The first-order valence-corrected chi connectivity index (χ1v) is 13.0. The summed E-state index contributed by atoms with van der Waals surface area (Å²) in [5, 5.41) is 3.12. The summed E-state index contributed by atoms with van der Waals surface area (Å²) in [6.45, 7) is 11.7. The molecule has 4 aromatic rings. The van der Waals surface area contributed by atoms with Crippen LogP contribution in [0, 0.1) is 12.7 Å². The molecule has 0 saturated carbocycles. The molecule has 10 heteroatoms. The lowest BCUT2D eigenvalue weighted by atomic mass is 10.1. The molecule has 0 aromatic carbocycles. The van der Waals surface area contributed by atoms with Gasteiger partial charge in [-0.3, -0.25) is 9.80 Å². The number of fused-ring (bicyclic) bond motifs is 2. The van der Waals surface area contributed by atoms with E-state index in [9.17, 15) is 4.39 Å². The summed E-state index contributed by atoms with van der Waals surface area (Å²) in [5.74, 6) is 1.26. The van der Waals surface area contributed by atoms with E-state index in [1.165, 1.54) is 31.1 Å². The van der Waals surface area contributed by atoms with Gasteiger partial charge < -0.3 is 9.88 Å². The summed E-state index contributed by atoms with van der Waals surface area (Å²) < 4.78 is 16.9. The number of nitrogens with zero attached hydrogens (tertiary/aromatic N) is 8. The van der Waals surface area contributed by atoms with E-state index in [1.54, 1.807) is 6.20 Å². The maximum absolute atomic E-state index is 14.8. The number of hydrogen-bond donors (Lipinski definition) is 1. The van der Waals surface area contributed by atoms with Gasteiger partial charge in [-0.1, -0.05) is 6.07 Å². The van der Waals surface area contributed by atoms with Crippen LogP contribution in [-0.4, -0.2) is 71.5 Å². The van der Waals surface area contributed by atoms with Crippen molar-refractivity contribution in [1.29, 1.82) is 0 Å². The highest BCUT2D eigenvalue weighted by atomic mass is 19.1. The third-order valence-electron chi connectivity index (χ3n) is 7.40. The quantitative estimate of drug-likeness (QED) is 0.418. The molecule has 2 fully saturated rings. The van der Waals surface area contributed by atoms with Crippen LogP contribution in [0.25, 0.3) is 22.4 Å². The second-order valence-electron chi connectivity index (χ2n) is 10.3. The lowest BCUT2D eigenvalue weighted by molar-refractivity contribution is 0.0993. The Morgan fingerprint density at radius 3 is 2.76 bits per heavy atom. The largest absolute Gasteiger partial charge is 0.324 e. The van der Waals surface area contributed by atoms with Crippen molar-refractivity contribution in [2.75, 3.05) is 31.5 Å². The number of pyridine rings is 2. The van der Waals surface area contributed by atoms with Crippen LogP contribution < -0.4 is 5.32 Å². The molecule has 1 N–H and O–H groups in total. The molecule has 0 aliphatic carbocycles. The Morgan fingerprint density at radius 2 is 1.95 bits per heavy atom. The van der Waals surface area contributed by atoms with Crippen molar-refractivity contribution in [3.05, 3.63) is 54.0 Å². The van der Waals surface area contributed by atoms with Crippen LogP contribution in [0.5, 0.6) is 0 Å². The zero-order valence-corrected chi connectivity index (χ0v) is 21.5. The molecular formula is C27H32FN9. The average molecular weight is 502 g/mol. The third-order valence-corrected chi connectivity index (χ3v) is 7.40. The second-order valence-corrected chi connectivity index (χ2v) is 10.3. The number of aromatic nitrogens is 6. The van der Waals surface area contributed by atoms with Gasteiger partial charge in [0.25, 0.3) is 0 Å². The maximum atomic E-state index is 14.8. The predicted octanol–water partition coefficient (Wildman–Crippen LogP) is 4.34. The normalized spacial score (nSPS) is 18.6. The fourth-order valence-electron chi connectivity index (χ4n) is 5.67. The average Bonchev–Trinajstić information content (AvgIpc) is 3.49. The molecule has 0 amide bonds. The third kappa shape index (κ3) is 4.78. The van der Waals surface area contributed by atoms with Crippen LogP contribution in [0.1, 0.15) is 44.1 Å². The molecule has 9 nitrogen and oxygen atoms in total. The van der Waals surface area contributed by atoms with E-state index < -0.39 is 5.82 Å². The van der Waals surface area contributed by atoms with Crippen molar-refractivity contribution in [2.45, 2.75) is 52.2 Å². The summed E-state index contributed by atoms with van der Waals surface area (Å²) in [6, 6.07) is 6.80. The molecule has 6 rings (SSSR count). The van der Waals surface area contributed by atoms with Gasteiger partial charge in [0.05, 0.1) is 11.7 Å². The van der Waals surface area contributed by atoms with Gasteiger partial charge in [0.15, 0.2) is 11.5 Å². The Labute approximate surface area is 215 Å². The topological polar surface area (TPSA) is 87.9 Å². The predicted molar refractivity (Wildman–Crippen MR) is 141 cm³/mol. The monoisotopic (exact) mass is 501 g/mol. The number of hydrogen-bond acceptors (Lipinski definition) is 8. The molecule has 0 bridgehead atoms. The molecule has 2 saturated heterocycles. The van der Waals surface area contributed by atoms with Gasteiger partial charge in [-0.05, 0) is 57.9 Å². The lowest BCUT2D eigenvalue weighted by Crippen LogP contribution is -2.49. The number of anilines is 2. The number of nitrogens with one attached hydrogen (secondary N) is 1. The highest BCUT2D eigenvalue weighted by Crippen LogP contribution is 2.27. The van der Waals surface area contributed by atoms with Crippen molar-refractivity contribution in [3.8, 4) is 11.3 Å². The van der Waals surface area contributed by atoms with Gasteiger partial charge in [0.1, 0.15) is 17.3 Å². The number of halogens is 1. The first-order chi connectivity index (χ1) is 17.9. The minimum atomic E-state index is -0.510. The Morgan fingerprint density at radius 1 is 1.05 bits per heavy atom. The second kappa shape index (κ2) is 9.75. The molecule has 1 unspecified atom stereocenters. The molecule has 1 atom stereocenters. The van der Waals surface area contributed by atoms with Crippen LogP contribution in [0.15, 0.2) is 36.8 Å². The molecule has 6 heterocycles. The van der Waals surface area contributed by atoms with Gasteiger partial charge in [0, 0.05) is 56.2 Å². The standard InChI is InChI=1S/C27H32FN9/c1-17(2)37-18(3)32-26-23(37)11-20(13-30-26)25-22(28)14-31-27(34-25)33-24-7-6-19(12-29-24)15-35-9-10-36-8-4-5-21(36)16-35/h6-7,11-14,17,21H,4-5,8-10,15-16H2,1-3H3,(H,29,31,33,34). The molecule has 2 aliphatic rings. The van der Waals surface area contributed by atoms with Crippen LogP contribution in [0.4, 0.5) is 16.2 Å². The van der Waals surface area contributed by atoms with E-state index in [2.05, 4.69) is 64.5 Å². The Bertz CT molecular complexity index is 1420. The molecular weight excluding hydrogens is 469 g/mol. The maximum Gasteiger partial charge on any atom is 0.229 e. The van der Waals surface area contributed by atoms with Crippen molar-refractivity contribution in [2.24, 2.45) is 0 Å². The molecule has 2 aliphatic heterocycles.